The fourth-order valence-electron chi connectivity index (χ4n) is 2.30. The van der Waals surface area contributed by atoms with Gasteiger partial charge in [0.05, 0.1) is 23.0 Å². The maximum absolute atomic E-state index is 9.36. The van der Waals surface area contributed by atoms with Gasteiger partial charge in [-0.3, -0.25) is 0 Å². The van der Waals surface area contributed by atoms with Gasteiger partial charge in [0.1, 0.15) is 0 Å². The number of rotatable bonds is 2. The summed E-state index contributed by atoms with van der Waals surface area (Å²) in [7, 11) is 0. The first-order chi connectivity index (χ1) is 8.45. The average molecular weight is 265 g/mol. The molecule has 1 heterocycles. The molecular formula is C14H17ClN2O. The SMILES string of the molecule is Cc1cc(C)c(-n2nc(C)c(CO)c2C)c(Cl)c1. The number of halogens is 1. The molecule has 0 saturated carbocycles. The predicted molar refractivity (Wildman–Crippen MR) is 73.4 cm³/mol. The maximum Gasteiger partial charge on any atom is 0.0864 e. The molecule has 0 aliphatic heterocycles. The van der Waals surface area contributed by atoms with Gasteiger partial charge in [-0.1, -0.05) is 17.7 Å². The van der Waals surface area contributed by atoms with E-state index in [1.54, 1.807) is 0 Å². The molecule has 4 heteroatoms. The van der Waals surface area contributed by atoms with Crippen molar-refractivity contribution in [3.8, 4) is 5.69 Å². The smallest absolute Gasteiger partial charge is 0.0864 e. The summed E-state index contributed by atoms with van der Waals surface area (Å²) in [6.45, 7) is 7.88. The van der Waals surface area contributed by atoms with Crippen molar-refractivity contribution in [2.45, 2.75) is 34.3 Å². The zero-order valence-electron chi connectivity index (χ0n) is 11.1. The lowest BCUT2D eigenvalue weighted by Crippen LogP contribution is -2.03. The summed E-state index contributed by atoms with van der Waals surface area (Å²) < 4.78 is 1.82. The van der Waals surface area contributed by atoms with Crippen molar-refractivity contribution in [3.63, 3.8) is 0 Å². The monoisotopic (exact) mass is 264 g/mol. The number of aryl methyl sites for hydroxylation is 3. The van der Waals surface area contributed by atoms with Crippen LogP contribution in [0.4, 0.5) is 0 Å². The van der Waals surface area contributed by atoms with E-state index >= 15 is 0 Å². The van der Waals surface area contributed by atoms with Crippen LogP contribution in [0.1, 0.15) is 28.1 Å². The van der Waals surface area contributed by atoms with Crippen LogP contribution in [-0.4, -0.2) is 14.9 Å². The molecule has 0 saturated heterocycles. The molecule has 0 amide bonds. The normalized spacial score (nSPS) is 11.0. The van der Waals surface area contributed by atoms with Crippen molar-refractivity contribution >= 4 is 11.6 Å². The summed E-state index contributed by atoms with van der Waals surface area (Å²) in [5.41, 5.74) is 5.74. The van der Waals surface area contributed by atoms with Gasteiger partial charge in [-0.15, -0.1) is 0 Å². The number of hydrogen-bond donors (Lipinski definition) is 1. The maximum atomic E-state index is 9.36. The van der Waals surface area contributed by atoms with Crippen molar-refractivity contribution in [3.05, 3.63) is 45.2 Å². The Morgan fingerprint density at radius 3 is 2.39 bits per heavy atom. The minimum Gasteiger partial charge on any atom is -0.392 e. The summed E-state index contributed by atoms with van der Waals surface area (Å²) >= 11 is 6.32. The van der Waals surface area contributed by atoms with Gasteiger partial charge in [-0.05, 0) is 44.9 Å². The van der Waals surface area contributed by atoms with E-state index in [9.17, 15) is 5.11 Å². The average Bonchev–Trinajstić information content (AvgIpc) is 2.53. The highest BCUT2D eigenvalue weighted by atomic mass is 35.5. The summed E-state index contributed by atoms with van der Waals surface area (Å²) in [5.74, 6) is 0. The minimum absolute atomic E-state index is 0.000193. The van der Waals surface area contributed by atoms with E-state index in [0.717, 1.165) is 33.8 Å². The third kappa shape index (κ3) is 2.04. The third-order valence-electron chi connectivity index (χ3n) is 3.21. The molecular weight excluding hydrogens is 248 g/mol. The van der Waals surface area contributed by atoms with Crippen LogP contribution in [0.5, 0.6) is 0 Å². The van der Waals surface area contributed by atoms with Gasteiger partial charge >= 0.3 is 0 Å². The number of hydrogen-bond acceptors (Lipinski definition) is 2. The lowest BCUT2D eigenvalue weighted by atomic mass is 10.1. The van der Waals surface area contributed by atoms with Crippen LogP contribution in [0.2, 0.25) is 5.02 Å². The van der Waals surface area contributed by atoms with E-state index in [-0.39, 0.29) is 6.61 Å². The number of aliphatic hydroxyl groups is 1. The second-order valence-electron chi connectivity index (χ2n) is 4.63. The van der Waals surface area contributed by atoms with Gasteiger partial charge in [0, 0.05) is 11.3 Å². The largest absolute Gasteiger partial charge is 0.392 e. The molecule has 0 aliphatic carbocycles. The van der Waals surface area contributed by atoms with E-state index in [4.69, 9.17) is 11.6 Å². The van der Waals surface area contributed by atoms with Gasteiger partial charge in [0.2, 0.25) is 0 Å². The minimum atomic E-state index is 0.000193. The second kappa shape index (κ2) is 4.75. The van der Waals surface area contributed by atoms with Gasteiger partial charge in [-0.2, -0.15) is 5.10 Å². The van der Waals surface area contributed by atoms with Gasteiger partial charge in [0.25, 0.3) is 0 Å². The lowest BCUT2D eigenvalue weighted by Gasteiger charge is -2.12. The summed E-state index contributed by atoms with van der Waals surface area (Å²) in [5, 5.41) is 14.5. The molecule has 2 aromatic rings. The molecule has 0 unspecified atom stereocenters. The Labute approximate surface area is 112 Å². The molecule has 0 fully saturated rings. The molecule has 1 aromatic carbocycles. The quantitative estimate of drug-likeness (QED) is 0.904. The van der Waals surface area contributed by atoms with Gasteiger partial charge in [-0.25, -0.2) is 4.68 Å². The van der Waals surface area contributed by atoms with E-state index in [1.807, 2.05) is 38.4 Å². The zero-order valence-corrected chi connectivity index (χ0v) is 11.8. The third-order valence-corrected chi connectivity index (χ3v) is 3.50. The molecule has 0 bridgehead atoms. The molecule has 0 spiro atoms. The van der Waals surface area contributed by atoms with Crippen molar-refractivity contribution < 1.29 is 5.11 Å². The fraction of sp³-hybridized carbons (Fsp3) is 0.357. The van der Waals surface area contributed by atoms with E-state index < -0.39 is 0 Å². The van der Waals surface area contributed by atoms with Crippen LogP contribution < -0.4 is 0 Å². The first-order valence-corrected chi connectivity index (χ1v) is 6.26. The van der Waals surface area contributed by atoms with Crippen LogP contribution in [0.3, 0.4) is 0 Å². The summed E-state index contributed by atoms with van der Waals surface area (Å²) in [4.78, 5) is 0. The highest BCUT2D eigenvalue weighted by Crippen LogP contribution is 2.28. The fourth-order valence-corrected chi connectivity index (χ4v) is 2.70. The molecule has 2 rings (SSSR count). The Morgan fingerprint density at radius 2 is 1.89 bits per heavy atom. The molecule has 0 radical (unpaired) electrons. The second-order valence-corrected chi connectivity index (χ2v) is 5.04. The van der Waals surface area contributed by atoms with Crippen molar-refractivity contribution in [2.24, 2.45) is 0 Å². The Hall–Kier alpha value is -1.32. The van der Waals surface area contributed by atoms with Crippen molar-refractivity contribution in [1.82, 2.24) is 9.78 Å². The van der Waals surface area contributed by atoms with E-state index in [1.165, 1.54) is 0 Å². The predicted octanol–water partition coefficient (Wildman–Crippen LogP) is 3.25. The first kappa shape index (κ1) is 13.1. The van der Waals surface area contributed by atoms with Gasteiger partial charge < -0.3 is 5.11 Å². The summed E-state index contributed by atoms with van der Waals surface area (Å²) in [6, 6.07) is 4.01. The number of benzene rings is 1. The van der Waals surface area contributed by atoms with E-state index in [2.05, 4.69) is 11.2 Å². The van der Waals surface area contributed by atoms with Crippen LogP contribution in [0.15, 0.2) is 12.1 Å². The molecule has 1 N–H and O–H groups in total. The Balaban J connectivity index is 2.70. The molecule has 0 aliphatic rings. The summed E-state index contributed by atoms with van der Waals surface area (Å²) in [6.07, 6.45) is 0. The van der Waals surface area contributed by atoms with Gasteiger partial charge in [0.15, 0.2) is 0 Å². The number of nitrogens with zero attached hydrogens (tertiary/aromatic N) is 2. The molecule has 3 nitrogen and oxygen atoms in total. The molecule has 18 heavy (non-hydrogen) atoms. The van der Waals surface area contributed by atoms with Crippen molar-refractivity contribution in [2.75, 3.05) is 0 Å². The lowest BCUT2D eigenvalue weighted by molar-refractivity contribution is 0.280. The topological polar surface area (TPSA) is 38.0 Å². The molecule has 96 valence electrons. The Bertz CT molecular complexity index is 579. The van der Waals surface area contributed by atoms with Crippen LogP contribution in [0, 0.1) is 27.7 Å². The van der Waals surface area contributed by atoms with Crippen LogP contribution >= 0.6 is 11.6 Å². The number of aromatic nitrogens is 2. The van der Waals surface area contributed by atoms with Crippen LogP contribution in [0.25, 0.3) is 5.69 Å². The van der Waals surface area contributed by atoms with Crippen molar-refractivity contribution in [1.29, 1.82) is 0 Å². The van der Waals surface area contributed by atoms with E-state index in [0.29, 0.717) is 5.02 Å². The first-order valence-electron chi connectivity index (χ1n) is 5.88. The Kier molecular flexibility index (Phi) is 3.46. The Morgan fingerprint density at radius 1 is 1.22 bits per heavy atom. The zero-order chi connectivity index (χ0) is 13.4. The number of aliphatic hydroxyl groups excluding tert-OH is 1. The molecule has 1 aromatic heterocycles. The highest BCUT2D eigenvalue weighted by Gasteiger charge is 2.15. The standard InChI is InChI=1S/C14H17ClN2O/c1-8-5-9(2)14(13(15)6-8)17-11(4)12(7-18)10(3)16-17/h5-6,18H,7H2,1-4H3. The molecule has 0 atom stereocenters. The van der Waals surface area contributed by atoms with Crippen LogP contribution in [-0.2, 0) is 6.61 Å². The highest BCUT2D eigenvalue weighted by molar-refractivity contribution is 6.32.